The molecule has 1 aliphatic heterocycles. The molecule has 0 fully saturated rings. The lowest BCUT2D eigenvalue weighted by Gasteiger charge is -2.37. The van der Waals surface area contributed by atoms with Crippen molar-refractivity contribution in [3.05, 3.63) is 72.4 Å². The van der Waals surface area contributed by atoms with E-state index >= 15 is 0 Å². The van der Waals surface area contributed by atoms with Crippen LogP contribution in [-0.2, 0) is 11.2 Å². The highest BCUT2D eigenvalue weighted by Crippen LogP contribution is 2.30. The number of hydrogen-bond donors (Lipinski definition) is 1. The van der Waals surface area contributed by atoms with Gasteiger partial charge in [-0.1, -0.05) is 13.0 Å². The van der Waals surface area contributed by atoms with Gasteiger partial charge < -0.3 is 19.6 Å². The highest BCUT2D eigenvalue weighted by molar-refractivity contribution is 5.98. The number of fused-ring (bicyclic) bond motifs is 1. The van der Waals surface area contributed by atoms with E-state index < -0.39 is 6.10 Å². The maximum Gasteiger partial charge on any atom is 0.259 e. The van der Waals surface area contributed by atoms with Gasteiger partial charge in [0.05, 0.1) is 25.6 Å². The van der Waals surface area contributed by atoms with Crippen LogP contribution in [0.3, 0.4) is 0 Å². The summed E-state index contributed by atoms with van der Waals surface area (Å²) in [5.74, 6) is -0.205. The van der Waals surface area contributed by atoms with Gasteiger partial charge in [-0.05, 0) is 42.3 Å². The Morgan fingerprint density at radius 3 is 2.67 bits per heavy atom. The Morgan fingerprint density at radius 1 is 1.19 bits per heavy atom. The lowest BCUT2D eigenvalue weighted by Crippen LogP contribution is -2.50. The molecule has 1 N–H and O–H groups in total. The van der Waals surface area contributed by atoms with E-state index in [1.807, 2.05) is 32.0 Å². The fourth-order valence-corrected chi connectivity index (χ4v) is 4.21. The van der Waals surface area contributed by atoms with Crippen LogP contribution >= 0.6 is 0 Å². The van der Waals surface area contributed by atoms with Crippen LogP contribution in [0.5, 0.6) is 5.88 Å². The standard InChI is InChI=1S/C27H31N5O4/c1-18-15-32(19(2)17-33)27(35)23-12-22(21-6-9-28-10-7-21)14-30-26(23)36-24(18)16-31(3)25(34)11-20-5-4-8-29-13-20/h4-10,12-14,18-19,24,33H,11,15-17H2,1-3H3/t18-,19-,24-/m0/s1. The van der Waals surface area contributed by atoms with Crippen molar-refractivity contribution in [1.29, 1.82) is 0 Å². The topological polar surface area (TPSA) is 109 Å². The van der Waals surface area contributed by atoms with Gasteiger partial charge in [-0.25, -0.2) is 4.98 Å². The van der Waals surface area contributed by atoms with Crippen LogP contribution in [-0.4, -0.2) is 80.6 Å². The highest BCUT2D eigenvalue weighted by atomic mass is 16.5. The Hall–Kier alpha value is -3.85. The number of likely N-dealkylation sites (N-methyl/N-ethyl adjacent to an activating group) is 1. The zero-order valence-corrected chi connectivity index (χ0v) is 20.7. The van der Waals surface area contributed by atoms with Gasteiger partial charge in [0.15, 0.2) is 0 Å². The molecule has 36 heavy (non-hydrogen) atoms. The molecule has 0 aromatic carbocycles. The van der Waals surface area contributed by atoms with E-state index in [0.29, 0.717) is 18.7 Å². The van der Waals surface area contributed by atoms with E-state index in [-0.39, 0.29) is 42.7 Å². The summed E-state index contributed by atoms with van der Waals surface area (Å²) in [4.78, 5) is 42.4. The second-order valence-electron chi connectivity index (χ2n) is 9.25. The molecule has 0 saturated heterocycles. The molecule has 188 valence electrons. The van der Waals surface area contributed by atoms with Crippen LogP contribution in [0.2, 0.25) is 0 Å². The largest absolute Gasteiger partial charge is 0.472 e. The molecule has 0 spiro atoms. The molecule has 0 radical (unpaired) electrons. The van der Waals surface area contributed by atoms with Gasteiger partial charge in [0.1, 0.15) is 11.7 Å². The minimum absolute atomic E-state index is 0.0567. The number of pyridine rings is 3. The molecule has 4 rings (SSSR count). The van der Waals surface area contributed by atoms with Crippen LogP contribution < -0.4 is 4.74 Å². The van der Waals surface area contributed by atoms with Crippen molar-refractivity contribution in [3.63, 3.8) is 0 Å². The van der Waals surface area contributed by atoms with Crippen LogP contribution in [0.1, 0.15) is 29.8 Å². The first kappa shape index (κ1) is 25.2. The predicted octanol–water partition coefficient (Wildman–Crippen LogP) is 2.46. The molecular weight excluding hydrogens is 458 g/mol. The smallest absolute Gasteiger partial charge is 0.259 e. The third-order valence-electron chi connectivity index (χ3n) is 6.49. The van der Waals surface area contributed by atoms with Gasteiger partial charge in [-0.15, -0.1) is 0 Å². The fourth-order valence-electron chi connectivity index (χ4n) is 4.21. The van der Waals surface area contributed by atoms with Gasteiger partial charge in [-0.2, -0.15) is 0 Å². The molecule has 0 saturated carbocycles. The number of rotatable bonds is 7. The van der Waals surface area contributed by atoms with Crippen molar-refractivity contribution in [1.82, 2.24) is 24.8 Å². The third-order valence-corrected chi connectivity index (χ3v) is 6.49. The summed E-state index contributed by atoms with van der Waals surface area (Å²) in [5, 5.41) is 9.85. The highest BCUT2D eigenvalue weighted by Gasteiger charge is 2.34. The van der Waals surface area contributed by atoms with Gasteiger partial charge in [-0.3, -0.25) is 19.6 Å². The normalized spacial score (nSPS) is 18.4. The van der Waals surface area contributed by atoms with Crippen molar-refractivity contribution < 1.29 is 19.4 Å². The molecule has 0 bridgehead atoms. The van der Waals surface area contributed by atoms with Crippen molar-refractivity contribution in [3.8, 4) is 17.0 Å². The molecule has 3 atom stereocenters. The summed E-state index contributed by atoms with van der Waals surface area (Å²) in [5.41, 5.74) is 2.80. The Kier molecular flexibility index (Phi) is 7.90. The molecule has 3 aromatic heterocycles. The Balaban J connectivity index is 1.62. The number of aliphatic hydroxyl groups is 1. The van der Waals surface area contributed by atoms with Crippen molar-refractivity contribution in [2.24, 2.45) is 5.92 Å². The molecule has 9 heteroatoms. The molecule has 0 aliphatic carbocycles. The second-order valence-corrected chi connectivity index (χ2v) is 9.25. The summed E-state index contributed by atoms with van der Waals surface area (Å²) in [7, 11) is 1.74. The van der Waals surface area contributed by atoms with E-state index in [0.717, 1.165) is 16.7 Å². The SMILES string of the molecule is C[C@H]1CN([C@@H](C)CO)C(=O)c2cc(-c3ccncc3)cnc2O[C@H]1CN(C)C(=O)Cc1cccnc1. The van der Waals surface area contributed by atoms with Crippen LogP contribution in [0.15, 0.2) is 61.3 Å². The fraction of sp³-hybridized carbons (Fsp3) is 0.370. The van der Waals surface area contributed by atoms with Gasteiger partial charge in [0.2, 0.25) is 11.8 Å². The maximum atomic E-state index is 13.6. The Labute approximate surface area is 210 Å². The monoisotopic (exact) mass is 489 g/mol. The average Bonchev–Trinajstić information content (AvgIpc) is 2.91. The molecular formula is C27H31N5O4. The Morgan fingerprint density at radius 2 is 1.97 bits per heavy atom. The first-order valence-electron chi connectivity index (χ1n) is 12.0. The van der Waals surface area contributed by atoms with Gasteiger partial charge in [0.25, 0.3) is 5.91 Å². The first-order chi connectivity index (χ1) is 17.4. The maximum absolute atomic E-state index is 13.6. The number of aromatic nitrogens is 3. The molecule has 4 heterocycles. The molecule has 9 nitrogen and oxygen atoms in total. The summed E-state index contributed by atoms with van der Waals surface area (Å²) in [6.45, 7) is 4.31. The quantitative estimate of drug-likeness (QED) is 0.543. The number of ether oxygens (including phenoxy) is 1. The number of nitrogens with zero attached hydrogens (tertiary/aromatic N) is 5. The molecule has 3 aromatic rings. The second kappa shape index (κ2) is 11.3. The summed E-state index contributed by atoms with van der Waals surface area (Å²) in [6.07, 6.45) is 8.21. The number of aliphatic hydroxyl groups excluding tert-OH is 1. The summed E-state index contributed by atoms with van der Waals surface area (Å²) in [6, 6.07) is 8.74. The van der Waals surface area contributed by atoms with Gasteiger partial charge in [0, 0.05) is 56.1 Å². The van der Waals surface area contributed by atoms with Crippen molar-refractivity contribution in [2.75, 3.05) is 26.7 Å². The summed E-state index contributed by atoms with van der Waals surface area (Å²) >= 11 is 0. The molecule has 1 aliphatic rings. The Bertz CT molecular complexity index is 1190. The van der Waals surface area contributed by atoms with Crippen molar-refractivity contribution in [2.45, 2.75) is 32.4 Å². The van der Waals surface area contributed by atoms with Crippen LogP contribution in [0.4, 0.5) is 0 Å². The lowest BCUT2D eigenvalue weighted by molar-refractivity contribution is -0.130. The minimum Gasteiger partial charge on any atom is -0.472 e. The summed E-state index contributed by atoms with van der Waals surface area (Å²) < 4.78 is 6.30. The zero-order valence-electron chi connectivity index (χ0n) is 20.7. The van der Waals surface area contributed by atoms with Crippen LogP contribution in [0.25, 0.3) is 11.1 Å². The van der Waals surface area contributed by atoms with Crippen molar-refractivity contribution >= 4 is 11.8 Å². The van der Waals surface area contributed by atoms with E-state index in [9.17, 15) is 14.7 Å². The number of carbonyl (C=O) groups is 2. The lowest BCUT2D eigenvalue weighted by atomic mass is 9.99. The number of hydrogen-bond acceptors (Lipinski definition) is 7. The predicted molar refractivity (Wildman–Crippen MR) is 134 cm³/mol. The third kappa shape index (κ3) is 5.68. The van der Waals surface area contributed by atoms with E-state index in [2.05, 4.69) is 15.0 Å². The molecule has 0 unspecified atom stereocenters. The number of amides is 2. The molecule has 2 amide bonds. The minimum atomic E-state index is -0.410. The van der Waals surface area contributed by atoms with Gasteiger partial charge >= 0.3 is 0 Å². The number of carbonyl (C=O) groups excluding carboxylic acids is 2. The van der Waals surface area contributed by atoms with Crippen LogP contribution in [0, 0.1) is 5.92 Å². The van der Waals surface area contributed by atoms with E-state index in [1.165, 1.54) is 0 Å². The zero-order chi connectivity index (χ0) is 25.7. The average molecular weight is 490 g/mol. The van der Waals surface area contributed by atoms with E-state index in [1.54, 1.807) is 60.0 Å². The van der Waals surface area contributed by atoms with E-state index in [4.69, 9.17) is 4.74 Å². The first-order valence-corrected chi connectivity index (χ1v) is 12.0.